The van der Waals surface area contributed by atoms with Crippen LogP contribution >= 0.6 is 0 Å². The second-order valence-corrected chi connectivity index (χ2v) is 4.75. The molecule has 20 heavy (non-hydrogen) atoms. The lowest BCUT2D eigenvalue weighted by Crippen LogP contribution is -2.32. The zero-order chi connectivity index (χ0) is 14.4. The first-order valence-corrected chi connectivity index (χ1v) is 6.54. The summed E-state index contributed by atoms with van der Waals surface area (Å²) >= 11 is 0. The van der Waals surface area contributed by atoms with Crippen LogP contribution in [0.25, 0.3) is 10.4 Å². The van der Waals surface area contributed by atoms with Crippen molar-refractivity contribution in [2.45, 2.75) is 31.6 Å². The van der Waals surface area contributed by atoms with E-state index < -0.39 is 6.10 Å². The van der Waals surface area contributed by atoms with Gasteiger partial charge in [-0.25, -0.2) is 0 Å². The Bertz CT molecular complexity index is 500. The summed E-state index contributed by atoms with van der Waals surface area (Å²) in [6.07, 6.45) is 0.873. The molecule has 0 unspecified atom stereocenters. The van der Waals surface area contributed by atoms with Crippen molar-refractivity contribution < 1.29 is 14.3 Å². The van der Waals surface area contributed by atoms with Crippen molar-refractivity contribution in [3.63, 3.8) is 0 Å². The molecule has 1 fully saturated rings. The quantitative estimate of drug-likeness (QED) is 0.358. The summed E-state index contributed by atoms with van der Waals surface area (Å²) in [6.45, 7) is 0.249. The molecular formula is C14H17N3O3. The molecule has 6 heteroatoms. The number of esters is 1. The van der Waals surface area contributed by atoms with Gasteiger partial charge in [0.05, 0.1) is 18.1 Å². The summed E-state index contributed by atoms with van der Waals surface area (Å²) in [5.41, 5.74) is 9.45. The fourth-order valence-electron chi connectivity index (χ4n) is 2.55. The van der Waals surface area contributed by atoms with Gasteiger partial charge < -0.3 is 9.47 Å². The predicted octanol–water partition coefficient (Wildman–Crippen LogP) is 2.83. The largest absolute Gasteiger partial charge is 0.461 e. The molecule has 0 spiro atoms. The molecule has 106 valence electrons. The van der Waals surface area contributed by atoms with E-state index in [1.807, 2.05) is 30.3 Å². The van der Waals surface area contributed by atoms with Gasteiger partial charge in [-0.05, 0) is 23.9 Å². The minimum atomic E-state index is -0.394. The number of nitrogens with zero attached hydrogens (tertiary/aromatic N) is 3. The summed E-state index contributed by atoms with van der Waals surface area (Å²) in [5, 5.41) is 3.67. The third-order valence-electron chi connectivity index (χ3n) is 3.55. The summed E-state index contributed by atoms with van der Waals surface area (Å²) in [5.74, 6) is -0.657. The molecule has 2 rings (SSSR count). The van der Waals surface area contributed by atoms with Crippen LogP contribution in [0, 0.1) is 5.92 Å². The molecule has 1 aromatic rings. The maximum absolute atomic E-state index is 12.1. The molecule has 0 aliphatic heterocycles. The van der Waals surface area contributed by atoms with Gasteiger partial charge in [-0.2, -0.15) is 0 Å². The van der Waals surface area contributed by atoms with Crippen LogP contribution in [0.5, 0.6) is 0 Å². The van der Waals surface area contributed by atoms with Crippen LogP contribution in [0.1, 0.15) is 18.4 Å². The minimum Gasteiger partial charge on any atom is -0.461 e. The first-order chi connectivity index (χ1) is 9.76. The maximum Gasteiger partial charge on any atom is 0.311 e. The number of carbonyl (C=O) groups excluding carboxylic acids is 1. The number of ether oxygens (including phenoxy) is 2. The van der Waals surface area contributed by atoms with Crippen LogP contribution in [-0.2, 0) is 20.9 Å². The van der Waals surface area contributed by atoms with Crippen molar-refractivity contribution in [1.82, 2.24) is 0 Å². The van der Waals surface area contributed by atoms with Gasteiger partial charge in [0, 0.05) is 12.0 Å². The van der Waals surface area contributed by atoms with Crippen LogP contribution in [0.15, 0.2) is 35.4 Å². The van der Waals surface area contributed by atoms with Gasteiger partial charge in [-0.3, -0.25) is 4.79 Å². The Balaban J connectivity index is 1.94. The highest BCUT2D eigenvalue weighted by Gasteiger charge is 2.41. The molecule has 1 aliphatic rings. The molecule has 0 amide bonds. The van der Waals surface area contributed by atoms with E-state index in [-0.39, 0.29) is 24.5 Å². The fraction of sp³-hybridized carbons (Fsp3) is 0.500. The van der Waals surface area contributed by atoms with Crippen LogP contribution in [0.4, 0.5) is 0 Å². The molecule has 3 atom stereocenters. The van der Waals surface area contributed by atoms with Gasteiger partial charge >= 0.3 is 5.97 Å². The summed E-state index contributed by atoms with van der Waals surface area (Å²) in [4.78, 5) is 14.9. The summed E-state index contributed by atoms with van der Waals surface area (Å²) < 4.78 is 10.6. The zero-order valence-electron chi connectivity index (χ0n) is 11.3. The first-order valence-electron chi connectivity index (χ1n) is 6.54. The van der Waals surface area contributed by atoms with E-state index in [4.69, 9.17) is 15.0 Å². The zero-order valence-corrected chi connectivity index (χ0v) is 11.3. The number of azide groups is 1. The van der Waals surface area contributed by atoms with Gasteiger partial charge in [-0.1, -0.05) is 35.4 Å². The van der Waals surface area contributed by atoms with Crippen molar-refractivity contribution in [3.8, 4) is 0 Å². The average molecular weight is 275 g/mol. The number of methoxy groups -OCH3 is 1. The Hall–Kier alpha value is -2.04. The third kappa shape index (κ3) is 3.29. The number of hydrogen-bond acceptors (Lipinski definition) is 4. The van der Waals surface area contributed by atoms with Gasteiger partial charge in [0.25, 0.3) is 0 Å². The van der Waals surface area contributed by atoms with E-state index in [1.54, 1.807) is 0 Å². The van der Waals surface area contributed by atoms with E-state index in [0.717, 1.165) is 5.56 Å². The molecular weight excluding hydrogens is 258 g/mol. The van der Waals surface area contributed by atoms with E-state index in [1.165, 1.54) is 7.11 Å². The Kier molecular flexibility index (Phi) is 4.98. The molecule has 1 aliphatic carbocycles. The second-order valence-electron chi connectivity index (χ2n) is 4.75. The van der Waals surface area contributed by atoms with Crippen molar-refractivity contribution >= 4 is 5.97 Å². The number of carbonyl (C=O) groups is 1. The molecule has 0 bridgehead atoms. The highest BCUT2D eigenvalue weighted by atomic mass is 16.5. The smallest absolute Gasteiger partial charge is 0.311 e. The average Bonchev–Trinajstić information content (AvgIpc) is 2.89. The van der Waals surface area contributed by atoms with E-state index >= 15 is 0 Å². The Morgan fingerprint density at radius 2 is 2.15 bits per heavy atom. The second kappa shape index (κ2) is 6.93. The molecule has 6 nitrogen and oxygen atoms in total. The predicted molar refractivity (Wildman–Crippen MR) is 72.7 cm³/mol. The summed E-state index contributed by atoms with van der Waals surface area (Å²) in [7, 11) is 1.52. The monoisotopic (exact) mass is 275 g/mol. The molecule has 0 aromatic heterocycles. The number of rotatable bonds is 5. The Morgan fingerprint density at radius 1 is 1.40 bits per heavy atom. The number of hydrogen-bond donors (Lipinski definition) is 0. The van der Waals surface area contributed by atoms with Crippen molar-refractivity contribution in [1.29, 1.82) is 0 Å². The third-order valence-corrected chi connectivity index (χ3v) is 3.55. The molecule has 0 heterocycles. The highest BCUT2D eigenvalue weighted by molar-refractivity contribution is 5.73. The molecule has 0 saturated heterocycles. The fourth-order valence-corrected chi connectivity index (χ4v) is 2.55. The lowest BCUT2D eigenvalue weighted by molar-refractivity contribution is -0.153. The SMILES string of the molecule is CO[C@@H]1[C@@H](C(=O)OCc2ccccc2)CC[C@H]1N=[N+]=[N-]. The van der Waals surface area contributed by atoms with Crippen LogP contribution in [-0.4, -0.2) is 25.2 Å². The van der Waals surface area contributed by atoms with Gasteiger partial charge in [-0.15, -0.1) is 0 Å². The van der Waals surface area contributed by atoms with Gasteiger partial charge in [0.1, 0.15) is 6.61 Å². The van der Waals surface area contributed by atoms with Crippen LogP contribution in [0.2, 0.25) is 0 Å². The first kappa shape index (κ1) is 14.4. The van der Waals surface area contributed by atoms with E-state index in [9.17, 15) is 4.79 Å². The lowest BCUT2D eigenvalue weighted by atomic mass is 10.1. The van der Waals surface area contributed by atoms with E-state index in [2.05, 4.69) is 10.0 Å². The highest BCUT2D eigenvalue weighted by Crippen LogP contribution is 2.32. The molecule has 0 N–H and O–H groups in total. The standard InChI is InChI=1S/C14H17N3O3/c1-19-13-11(7-8-12(13)16-17-15)14(18)20-9-10-5-3-2-4-6-10/h2-6,11-13H,7-9H2,1H3/t11-,12+,13+/m0/s1. The van der Waals surface area contributed by atoms with Crippen LogP contribution in [0.3, 0.4) is 0 Å². The molecule has 1 saturated carbocycles. The minimum absolute atomic E-state index is 0.249. The van der Waals surface area contributed by atoms with Gasteiger partial charge in [0.15, 0.2) is 0 Å². The van der Waals surface area contributed by atoms with E-state index in [0.29, 0.717) is 12.8 Å². The van der Waals surface area contributed by atoms with Crippen LogP contribution < -0.4 is 0 Å². The van der Waals surface area contributed by atoms with Gasteiger partial charge in [0.2, 0.25) is 0 Å². The maximum atomic E-state index is 12.1. The number of benzene rings is 1. The Labute approximate surface area is 117 Å². The summed E-state index contributed by atoms with van der Waals surface area (Å²) in [6, 6.07) is 9.22. The van der Waals surface area contributed by atoms with Crippen molar-refractivity contribution in [3.05, 3.63) is 46.3 Å². The molecule has 0 radical (unpaired) electrons. The Morgan fingerprint density at radius 3 is 2.80 bits per heavy atom. The normalized spacial score (nSPS) is 24.9. The van der Waals surface area contributed by atoms with Crippen molar-refractivity contribution in [2.24, 2.45) is 11.0 Å². The topological polar surface area (TPSA) is 84.3 Å². The van der Waals surface area contributed by atoms with Crippen molar-refractivity contribution in [2.75, 3.05) is 7.11 Å². The lowest BCUT2D eigenvalue weighted by Gasteiger charge is -2.19. The molecule has 1 aromatic carbocycles.